The SMILES string of the molecule is COC[C@H](CC(C)C)NS(=O)(=O)c1ccc(CBr)cc1. The Bertz CT molecular complexity index is 500. The molecule has 0 aromatic heterocycles. The summed E-state index contributed by atoms with van der Waals surface area (Å²) in [5.74, 6) is 0.397. The van der Waals surface area contributed by atoms with Crippen molar-refractivity contribution in [3.63, 3.8) is 0 Å². The van der Waals surface area contributed by atoms with Crippen LogP contribution in [0.2, 0.25) is 0 Å². The molecule has 1 aromatic rings. The monoisotopic (exact) mass is 363 g/mol. The van der Waals surface area contributed by atoms with Crippen LogP contribution in [0, 0.1) is 5.92 Å². The molecule has 0 saturated heterocycles. The van der Waals surface area contributed by atoms with Crippen LogP contribution >= 0.6 is 15.9 Å². The summed E-state index contributed by atoms with van der Waals surface area (Å²) in [6.07, 6.45) is 0.743. The first kappa shape index (κ1) is 17.6. The van der Waals surface area contributed by atoms with Crippen LogP contribution in [0.5, 0.6) is 0 Å². The van der Waals surface area contributed by atoms with E-state index in [0.717, 1.165) is 12.0 Å². The van der Waals surface area contributed by atoms with Crippen LogP contribution < -0.4 is 4.72 Å². The van der Waals surface area contributed by atoms with Gasteiger partial charge < -0.3 is 4.74 Å². The maximum absolute atomic E-state index is 12.3. The zero-order chi connectivity index (χ0) is 15.2. The fourth-order valence-electron chi connectivity index (χ4n) is 1.97. The summed E-state index contributed by atoms with van der Waals surface area (Å²) in [6, 6.07) is 6.64. The molecule has 6 heteroatoms. The topological polar surface area (TPSA) is 55.4 Å². The molecule has 0 saturated carbocycles. The minimum absolute atomic E-state index is 0.208. The largest absolute Gasteiger partial charge is 0.383 e. The van der Waals surface area contributed by atoms with Gasteiger partial charge in [0, 0.05) is 18.5 Å². The van der Waals surface area contributed by atoms with Crippen molar-refractivity contribution in [3.05, 3.63) is 29.8 Å². The molecule has 0 fully saturated rings. The molecule has 0 radical (unpaired) electrons. The first-order valence-electron chi connectivity index (χ1n) is 6.55. The minimum Gasteiger partial charge on any atom is -0.383 e. The number of alkyl halides is 1. The van der Waals surface area contributed by atoms with Gasteiger partial charge in [-0.3, -0.25) is 0 Å². The molecule has 0 heterocycles. The molecule has 0 bridgehead atoms. The summed E-state index contributed by atoms with van der Waals surface area (Å²) in [6.45, 7) is 4.49. The predicted molar refractivity (Wildman–Crippen MR) is 84.5 cm³/mol. The van der Waals surface area contributed by atoms with E-state index in [1.165, 1.54) is 0 Å². The third-order valence-corrected chi connectivity index (χ3v) is 5.02. The van der Waals surface area contributed by atoms with Crippen molar-refractivity contribution in [3.8, 4) is 0 Å². The zero-order valence-corrected chi connectivity index (χ0v) is 14.5. The van der Waals surface area contributed by atoms with Crippen LogP contribution in [0.1, 0.15) is 25.8 Å². The van der Waals surface area contributed by atoms with E-state index < -0.39 is 10.0 Å². The summed E-state index contributed by atoms with van der Waals surface area (Å²) in [5.41, 5.74) is 1.04. The highest BCUT2D eigenvalue weighted by atomic mass is 79.9. The Balaban J connectivity index is 2.84. The molecule has 1 N–H and O–H groups in total. The van der Waals surface area contributed by atoms with Crippen molar-refractivity contribution in [1.29, 1.82) is 0 Å². The second-order valence-corrected chi connectivity index (χ2v) is 7.46. The van der Waals surface area contributed by atoms with E-state index in [2.05, 4.69) is 34.5 Å². The lowest BCUT2D eigenvalue weighted by molar-refractivity contribution is 0.166. The fraction of sp³-hybridized carbons (Fsp3) is 0.571. The number of halogens is 1. The number of ether oxygens (including phenoxy) is 1. The number of rotatable bonds is 8. The number of benzene rings is 1. The summed E-state index contributed by atoms with van der Waals surface area (Å²) in [5, 5.41) is 0.709. The normalized spacial score (nSPS) is 13.7. The molecule has 0 amide bonds. The fourth-order valence-corrected chi connectivity index (χ4v) is 3.57. The van der Waals surface area contributed by atoms with Gasteiger partial charge in [-0.05, 0) is 30.0 Å². The van der Waals surface area contributed by atoms with Crippen LogP contribution in [-0.4, -0.2) is 28.2 Å². The molecule has 4 nitrogen and oxygen atoms in total. The summed E-state index contributed by atoms with van der Waals surface area (Å²) >= 11 is 3.34. The van der Waals surface area contributed by atoms with Gasteiger partial charge in [-0.15, -0.1) is 0 Å². The summed E-state index contributed by atoms with van der Waals surface area (Å²) in [4.78, 5) is 0.284. The molecule has 20 heavy (non-hydrogen) atoms. The Morgan fingerprint density at radius 2 is 1.85 bits per heavy atom. The number of hydrogen-bond acceptors (Lipinski definition) is 3. The molecule has 1 aromatic carbocycles. The molecule has 0 aliphatic heterocycles. The number of hydrogen-bond donors (Lipinski definition) is 1. The van der Waals surface area contributed by atoms with Gasteiger partial charge in [0.1, 0.15) is 0 Å². The van der Waals surface area contributed by atoms with Crippen LogP contribution in [-0.2, 0) is 20.1 Å². The molecule has 0 aliphatic rings. The number of sulfonamides is 1. The van der Waals surface area contributed by atoms with Gasteiger partial charge in [0.25, 0.3) is 0 Å². The summed E-state index contributed by atoms with van der Waals surface area (Å²) in [7, 11) is -1.92. The smallest absolute Gasteiger partial charge is 0.240 e. The lowest BCUT2D eigenvalue weighted by atomic mass is 10.1. The van der Waals surface area contributed by atoms with Crippen LogP contribution in [0.25, 0.3) is 0 Å². The maximum atomic E-state index is 12.3. The molecule has 0 spiro atoms. The highest BCUT2D eigenvalue weighted by Gasteiger charge is 2.20. The second kappa shape index (κ2) is 8.12. The Hall–Kier alpha value is -0.430. The number of nitrogens with one attached hydrogen (secondary N) is 1. The van der Waals surface area contributed by atoms with E-state index in [4.69, 9.17) is 4.74 Å². The number of methoxy groups -OCH3 is 1. The molecule has 1 atom stereocenters. The van der Waals surface area contributed by atoms with Gasteiger partial charge in [0.15, 0.2) is 0 Å². The quantitative estimate of drug-likeness (QED) is 0.722. The van der Waals surface area contributed by atoms with E-state index in [-0.39, 0.29) is 10.9 Å². The highest BCUT2D eigenvalue weighted by Crippen LogP contribution is 2.14. The summed E-state index contributed by atoms with van der Waals surface area (Å²) < 4.78 is 32.4. The Labute approximate surface area is 130 Å². The van der Waals surface area contributed by atoms with Gasteiger partial charge in [-0.25, -0.2) is 13.1 Å². The third kappa shape index (κ3) is 5.52. The molecule has 1 rings (SSSR count). The lowest BCUT2D eigenvalue weighted by Gasteiger charge is -2.19. The third-order valence-electron chi connectivity index (χ3n) is 2.83. The maximum Gasteiger partial charge on any atom is 0.240 e. The van der Waals surface area contributed by atoms with Gasteiger partial charge in [-0.1, -0.05) is 41.9 Å². The molecule has 0 unspecified atom stereocenters. The lowest BCUT2D eigenvalue weighted by Crippen LogP contribution is -2.38. The van der Waals surface area contributed by atoms with E-state index in [0.29, 0.717) is 17.9 Å². The van der Waals surface area contributed by atoms with Gasteiger partial charge in [0.2, 0.25) is 10.0 Å². The minimum atomic E-state index is -3.50. The Morgan fingerprint density at radius 1 is 1.25 bits per heavy atom. The van der Waals surface area contributed by atoms with Crippen molar-refractivity contribution in [2.24, 2.45) is 5.92 Å². The Kier molecular flexibility index (Phi) is 7.15. The zero-order valence-electron chi connectivity index (χ0n) is 12.1. The van der Waals surface area contributed by atoms with E-state index in [1.807, 2.05) is 0 Å². The molecule has 114 valence electrons. The van der Waals surface area contributed by atoms with Crippen molar-refractivity contribution in [2.45, 2.75) is 36.5 Å². The first-order valence-corrected chi connectivity index (χ1v) is 9.15. The first-order chi connectivity index (χ1) is 9.39. The predicted octanol–water partition coefficient (Wildman–Crippen LogP) is 2.92. The van der Waals surface area contributed by atoms with Crippen molar-refractivity contribution >= 4 is 26.0 Å². The van der Waals surface area contributed by atoms with E-state index in [1.54, 1.807) is 31.4 Å². The molecular formula is C14H22BrNO3S. The van der Waals surface area contributed by atoms with Gasteiger partial charge in [-0.2, -0.15) is 0 Å². The molecule has 0 aliphatic carbocycles. The average Bonchev–Trinajstić information content (AvgIpc) is 2.38. The second-order valence-electron chi connectivity index (χ2n) is 5.18. The van der Waals surface area contributed by atoms with Gasteiger partial charge in [0.05, 0.1) is 11.5 Å². The van der Waals surface area contributed by atoms with Crippen molar-refractivity contribution in [2.75, 3.05) is 13.7 Å². The average molecular weight is 364 g/mol. The molecular weight excluding hydrogens is 342 g/mol. The van der Waals surface area contributed by atoms with Crippen LogP contribution in [0.4, 0.5) is 0 Å². The standard InChI is InChI=1S/C14H22BrNO3S/c1-11(2)8-13(10-19-3)16-20(17,18)14-6-4-12(9-15)5-7-14/h4-7,11,13,16H,8-10H2,1-3H3/t13-/m0/s1. The van der Waals surface area contributed by atoms with E-state index >= 15 is 0 Å². The van der Waals surface area contributed by atoms with Crippen LogP contribution in [0.3, 0.4) is 0 Å². The Morgan fingerprint density at radius 3 is 2.30 bits per heavy atom. The van der Waals surface area contributed by atoms with Gasteiger partial charge >= 0.3 is 0 Å². The van der Waals surface area contributed by atoms with Crippen molar-refractivity contribution in [1.82, 2.24) is 4.72 Å². The van der Waals surface area contributed by atoms with E-state index in [9.17, 15) is 8.42 Å². The van der Waals surface area contributed by atoms with Crippen molar-refractivity contribution < 1.29 is 13.2 Å². The highest BCUT2D eigenvalue weighted by molar-refractivity contribution is 9.08. The van der Waals surface area contributed by atoms with Crippen LogP contribution in [0.15, 0.2) is 29.2 Å².